The van der Waals surface area contributed by atoms with Gasteiger partial charge in [0.1, 0.15) is 18.2 Å². The normalized spacial score (nSPS) is 9.88. The highest BCUT2D eigenvalue weighted by Gasteiger charge is 2.04. The summed E-state index contributed by atoms with van der Waals surface area (Å²) in [6.07, 6.45) is 0. The first-order chi connectivity index (χ1) is 7.77. The molecule has 0 saturated carbocycles. The highest BCUT2D eigenvalue weighted by Crippen LogP contribution is 2.17. The minimum absolute atomic E-state index is 0.0393. The lowest BCUT2D eigenvalue weighted by atomic mass is 10.2. The fourth-order valence-electron chi connectivity index (χ4n) is 1.19. The SMILES string of the molecule is O=C(CCl)NCc1ccccc1OCCO. The molecular formula is C11H14ClNO3. The van der Waals surface area contributed by atoms with Crippen molar-refractivity contribution in [2.24, 2.45) is 0 Å². The second-order valence-corrected chi connectivity index (χ2v) is 3.36. The van der Waals surface area contributed by atoms with Crippen molar-refractivity contribution < 1.29 is 14.6 Å². The Kier molecular flexibility index (Phi) is 5.67. The molecule has 0 unspecified atom stereocenters. The predicted octanol–water partition coefficient (Wildman–Crippen LogP) is 0.913. The van der Waals surface area contributed by atoms with E-state index in [9.17, 15) is 4.79 Å². The number of ether oxygens (including phenoxy) is 1. The fraction of sp³-hybridized carbons (Fsp3) is 0.364. The summed E-state index contributed by atoms with van der Waals surface area (Å²) in [4.78, 5) is 11.0. The van der Waals surface area contributed by atoms with Crippen molar-refractivity contribution in [3.63, 3.8) is 0 Å². The van der Waals surface area contributed by atoms with Crippen LogP contribution >= 0.6 is 11.6 Å². The van der Waals surface area contributed by atoms with Crippen molar-refractivity contribution >= 4 is 17.5 Å². The molecule has 1 aromatic rings. The van der Waals surface area contributed by atoms with Crippen molar-refractivity contribution in [1.82, 2.24) is 5.32 Å². The van der Waals surface area contributed by atoms with Gasteiger partial charge < -0.3 is 15.2 Å². The molecule has 0 aliphatic rings. The van der Waals surface area contributed by atoms with Crippen molar-refractivity contribution in [1.29, 1.82) is 0 Å². The number of nitrogens with one attached hydrogen (secondary N) is 1. The zero-order valence-corrected chi connectivity index (χ0v) is 9.54. The third kappa shape index (κ3) is 4.08. The Labute approximate surface area is 99.2 Å². The number of benzene rings is 1. The molecule has 0 radical (unpaired) electrons. The summed E-state index contributed by atoms with van der Waals surface area (Å²) in [6.45, 7) is 0.565. The summed E-state index contributed by atoms with van der Waals surface area (Å²) in [6, 6.07) is 7.33. The maximum atomic E-state index is 11.0. The van der Waals surface area contributed by atoms with Crippen LogP contribution in [0.4, 0.5) is 0 Å². The number of hydrogen-bond acceptors (Lipinski definition) is 3. The highest BCUT2D eigenvalue weighted by molar-refractivity contribution is 6.27. The number of para-hydroxylation sites is 1. The lowest BCUT2D eigenvalue weighted by Crippen LogP contribution is -2.24. The minimum Gasteiger partial charge on any atom is -0.491 e. The highest BCUT2D eigenvalue weighted by atomic mass is 35.5. The van der Waals surface area contributed by atoms with Crippen LogP contribution in [0.15, 0.2) is 24.3 Å². The van der Waals surface area contributed by atoms with Gasteiger partial charge in [-0.05, 0) is 6.07 Å². The Morgan fingerprint density at radius 3 is 2.88 bits per heavy atom. The Morgan fingerprint density at radius 2 is 2.19 bits per heavy atom. The average molecular weight is 244 g/mol. The van der Waals surface area contributed by atoms with Crippen LogP contribution in [0.3, 0.4) is 0 Å². The maximum Gasteiger partial charge on any atom is 0.235 e. The van der Waals surface area contributed by atoms with Gasteiger partial charge in [0.2, 0.25) is 5.91 Å². The molecule has 1 amide bonds. The minimum atomic E-state index is -0.223. The Hall–Kier alpha value is -1.26. The van der Waals surface area contributed by atoms with Crippen LogP contribution in [-0.4, -0.2) is 30.1 Å². The largest absolute Gasteiger partial charge is 0.491 e. The molecular weight excluding hydrogens is 230 g/mol. The summed E-state index contributed by atoms with van der Waals surface area (Å²) in [7, 11) is 0. The summed E-state index contributed by atoms with van der Waals surface area (Å²) in [5.74, 6) is 0.379. The topological polar surface area (TPSA) is 58.6 Å². The number of carbonyl (C=O) groups excluding carboxylic acids is 1. The van der Waals surface area contributed by atoms with Crippen LogP contribution in [0.5, 0.6) is 5.75 Å². The summed E-state index contributed by atoms with van der Waals surface area (Å²) in [5.41, 5.74) is 0.856. The molecule has 0 saturated heterocycles. The van der Waals surface area contributed by atoms with Crippen molar-refractivity contribution in [3.05, 3.63) is 29.8 Å². The van der Waals surface area contributed by atoms with Crippen molar-refractivity contribution in [2.45, 2.75) is 6.54 Å². The molecule has 0 heterocycles. The third-order valence-electron chi connectivity index (χ3n) is 1.92. The van der Waals surface area contributed by atoms with Crippen LogP contribution in [0.2, 0.25) is 0 Å². The molecule has 16 heavy (non-hydrogen) atoms. The van der Waals surface area contributed by atoms with E-state index in [4.69, 9.17) is 21.4 Å². The quantitative estimate of drug-likeness (QED) is 0.731. The van der Waals surface area contributed by atoms with E-state index >= 15 is 0 Å². The van der Waals surface area contributed by atoms with E-state index in [1.54, 1.807) is 6.07 Å². The van der Waals surface area contributed by atoms with E-state index in [-0.39, 0.29) is 25.0 Å². The number of aliphatic hydroxyl groups excluding tert-OH is 1. The molecule has 1 aromatic carbocycles. The Morgan fingerprint density at radius 1 is 1.44 bits per heavy atom. The third-order valence-corrected chi connectivity index (χ3v) is 2.16. The van der Waals surface area contributed by atoms with E-state index < -0.39 is 0 Å². The van der Waals surface area contributed by atoms with Crippen LogP contribution in [-0.2, 0) is 11.3 Å². The van der Waals surface area contributed by atoms with Gasteiger partial charge in [0, 0.05) is 12.1 Å². The molecule has 0 spiro atoms. The van der Waals surface area contributed by atoms with Gasteiger partial charge in [0.25, 0.3) is 0 Å². The molecule has 0 bridgehead atoms. The van der Waals surface area contributed by atoms with E-state index in [2.05, 4.69) is 5.32 Å². The molecule has 2 N–H and O–H groups in total. The summed E-state index contributed by atoms with van der Waals surface area (Å²) < 4.78 is 5.32. The van der Waals surface area contributed by atoms with Gasteiger partial charge in [-0.3, -0.25) is 4.79 Å². The van der Waals surface area contributed by atoms with Crippen LogP contribution in [0.25, 0.3) is 0 Å². The van der Waals surface area contributed by atoms with Gasteiger partial charge in [-0.25, -0.2) is 0 Å². The van der Waals surface area contributed by atoms with Gasteiger partial charge in [0.05, 0.1) is 6.61 Å². The molecule has 0 atom stereocenters. The number of alkyl halides is 1. The van der Waals surface area contributed by atoms with Gasteiger partial charge in [0.15, 0.2) is 0 Å². The second kappa shape index (κ2) is 7.09. The number of rotatable bonds is 6. The average Bonchev–Trinajstić information content (AvgIpc) is 2.34. The summed E-state index contributed by atoms with van der Waals surface area (Å²) >= 11 is 5.37. The second-order valence-electron chi connectivity index (χ2n) is 3.09. The number of aliphatic hydroxyl groups is 1. The van der Waals surface area contributed by atoms with E-state index in [1.807, 2.05) is 18.2 Å². The van der Waals surface area contributed by atoms with Crippen molar-refractivity contribution in [2.75, 3.05) is 19.1 Å². The first kappa shape index (κ1) is 12.8. The molecule has 0 fully saturated rings. The number of carbonyl (C=O) groups is 1. The van der Waals surface area contributed by atoms with E-state index in [0.29, 0.717) is 12.3 Å². The molecule has 1 rings (SSSR count). The van der Waals surface area contributed by atoms with Crippen LogP contribution in [0, 0.1) is 0 Å². The zero-order chi connectivity index (χ0) is 11.8. The predicted molar refractivity (Wildman–Crippen MR) is 61.6 cm³/mol. The molecule has 4 nitrogen and oxygen atoms in total. The zero-order valence-electron chi connectivity index (χ0n) is 8.78. The first-order valence-electron chi connectivity index (χ1n) is 4.92. The lowest BCUT2D eigenvalue weighted by molar-refractivity contribution is -0.118. The molecule has 5 heteroatoms. The van der Waals surface area contributed by atoms with Gasteiger partial charge >= 0.3 is 0 Å². The van der Waals surface area contributed by atoms with Gasteiger partial charge in [-0.15, -0.1) is 11.6 Å². The first-order valence-corrected chi connectivity index (χ1v) is 5.45. The standard InChI is InChI=1S/C11H14ClNO3/c12-7-11(15)13-8-9-3-1-2-4-10(9)16-6-5-14/h1-4,14H,5-8H2,(H,13,15). The van der Waals surface area contributed by atoms with E-state index in [1.165, 1.54) is 0 Å². The van der Waals surface area contributed by atoms with Crippen LogP contribution in [0.1, 0.15) is 5.56 Å². The van der Waals surface area contributed by atoms with Crippen molar-refractivity contribution in [3.8, 4) is 5.75 Å². The molecule has 0 aliphatic heterocycles. The van der Waals surface area contributed by atoms with E-state index in [0.717, 1.165) is 5.56 Å². The van der Waals surface area contributed by atoms with Crippen LogP contribution < -0.4 is 10.1 Å². The fourth-order valence-corrected chi connectivity index (χ4v) is 1.28. The smallest absolute Gasteiger partial charge is 0.235 e. The summed E-state index contributed by atoms with van der Waals surface area (Å²) in [5, 5.41) is 11.3. The Balaban J connectivity index is 2.59. The number of hydrogen-bond donors (Lipinski definition) is 2. The Bertz CT molecular complexity index is 344. The van der Waals surface area contributed by atoms with Gasteiger partial charge in [-0.2, -0.15) is 0 Å². The maximum absolute atomic E-state index is 11.0. The lowest BCUT2D eigenvalue weighted by Gasteiger charge is -2.10. The van der Waals surface area contributed by atoms with Gasteiger partial charge in [-0.1, -0.05) is 18.2 Å². The molecule has 88 valence electrons. The number of halogens is 1. The molecule has 0 aromatic heterocycles. The molecule has 0 aliphatic carbocycles. The monoisotopic (exact) mass is 243 g/mol. The number of amides is 1.